The highest BCUT2D eigenvalue weighted by Crippen LogP contribution is 2.33. The van der Waals surface area contributed by atoms with Crippen molar-refractivity contribution in [3.05, 3.63) is 24.3 Å². The third-order valence-electron chi connectivity index (χ3n) is 3.94. The quantitative estimate of drug-likeness (QED) is 0.649. The Morgan fingerprint density at radius 3 is 2.43 bits per heavy atom. The number of benzene rings is 1. The van der Waals surface area contributed by atoms with Crippen LogP contribution in [-0.2, 0) is 14.6 Å². The molecule has 0 aliphatic heterocycles. The van der Waals surface area contributed by atoms with Crippen LogP contribution in [0.25, 0.3) is 0 Å². The summed E-state index contributed by atoms with van der Waals surface area (Å²) in [6.07, 6.45) is 2.43. The summed E-state index contributed by atoms with van der Waals surface area (Å²) in [5.74, 6) is -0.769. The third kappa shape index (κ3) is 3.19. The van der Waals surface area contributed by atoms with Crippen molar-refractivity contribution in [1.29, 1.82) is 0 Å². The Hall–Kier alpha value is -1.60. The second kappa shape index (κ2) is 6.44. The Balaban J connectivity index is 2.33. The number of rotatable bonds is 4. The molecule has 1 fully saturated rings. The molecule has 2 unspecified atom stereocenters. The summed E-state index contributed by atoms with van der Waals surface area (Å²) in [5, 5.41) is 8.00. The molecule has 0 bridgehead atoms. The summed E-state index contributed by atoms with van der Waals surface area (Å²) in [5.41, 5.74) is 1.58. The molecule has 0 saturated heterocycles. The van der Waals surface area contributed by atoms with Crippen molar-refractivity contribution >= 4 is 15.7 Å². The molecule has 2 N–H and O–H groups in total. The topological polar surface area (TPSA) is 92.7 Å². The molecule has 1 aliphatic rings. The zero-order valence-corrected chi connectivity index (χ0v) is 12.6. The van der Waals surface area contributed by atoms with Crippen LogP contribution in [0.2, 0.25) is 0 Å². The number of carbonyl (C=O) groups excluding carboxylic acids is 1. The molecule has 6 nitrogen and oxygen atoms in total. The van der Waals surface area contributed by atoms with E-state index in [0.29, 0.717) is 18.6 Å². The highest BCUT2D eigenvalue weighted by atomic mass is 32.2. The van der Waals surface area contributed by atoms with Gasteiger partial charge in [0.1, 0.15) is 5.75 Å². The van der Waals surface area contributed by atoms with Crippen molar-refractivity contribution < 1.29 is 23.2 Å². The van der Waals surface area contributed by atoms with Crippen molar-refractivity contribution in [3.63, 3.8) is 0 Å². The average molecular weight is 313 g/mol. The van der Waals surface area contributed by atoms with Gasteiger partial charge in [0.15, 0.2) is 9.84 Å². The van der Waals surface area contributed by atoms with Gasteiger partial charge in [-0.25, -0.2) is 13.9 Å². The van der Waals surface area contributed by atoms with E-state index in [9.17, 15) is 13.2 Å². The maximum atomic E-state index is 12.7. The first-order valence-corrected chi connectivity index (χ1v) is 8.37. The Labute approximate surface area is 124 Å². The largest absolute Gasteiger partial charge is 0.497 e. The minimum Gasteiger partial charge on any atom is -0.497 e. The number of hydrogen-bond acceptors (Lipinski definition) is 5. The van der Waals surface area contributed by atoms with Crippen LogP contribution in [0.1, 0.15) is 25.7 Å². The first-order valence-electron chi connectivity index (χ1n) is 6.82. The molecule has 0 radical (unpaired) electrons. The fraction of sp³-hybridized carbons (Fsp3) is 0.500. The summed E-state index contributed by atoms with van der Waals surface area (Å²) in [4.78, 5) is 11.9. The number of amides is 1. The lowest BCUT2D eigenvalue weighted by molar-refractivity contribution is -0.134. The normalized spacial score (nSPS) is 22.6. The zero-order chi connectivity index (χ0) is 15.5. The van der Waals surface area contributed by atoms with Crippen molar-refractivity contribution in [3.8, 4) is 5.75 Å². The maximum absolute atomic E-state index is 12.7. The summed E-state index contributed by atoms with van der Waals surface area (Å²) in [6, 6.07) is 6.13. The summed E-state index contributed by atoms with van der Waals surface area (Å²) < 4.78 is 30.4. The Morgan fingerprint density at radius 1 is 1.24 bits per heavy atom. The minimum absolute atomic E-state index is 0.172. The van der Waals surface area contributed by atoms with E-state index in [1.165, 1.54) is 19.2 Å². The molecular formula is C14H19NO5S. The molecule has 1 saturated carbocycles. The molecule has 116 valence electrons. The molecule has 2 rings (SSSR count). The Kier molecular flexibility index (Phi) is 4.84. The van der Waals surface area contributed by atoms with Crippen molar-refractivity contribution in [1.82, 2.24) is 5.48 Å². The smallest absolute Gasteiger partial charge is 0.247 e. The molecule has 0 aromatic heterocycles. The van der Waals surface area contributed by atoms with Gasteiger partial charge in [-0.2, -0.15) is 0 Å². The van der Waals surface area contributed by atoms with Crippen LogP contribution < -0.4 is 10.2 Å². The number of hydrogen-bond donors (Lipinski definition) is 2. The van der Waals surface area contributed by atoms with Gasteiger partial charge in [-0.05, 0) is 37.1 Å². The fourth-order valence-electron chi connectivity index (χ4n) is 2.79. The Morgan fingerprint density at radius 2 is 1.86 bits per heavy atom. The number of methoxy groups -OCH3 is 1. The highest BCUT2D eigenvalue weighted by molar-refractivity contribution is 7.92. The SMILES string of the molecule is COc1ccc(S(=O)(=O)C2CCCCC2C(=O)NO)cc1. The van der Waals surface area contributed by atoms with Gasteiger partial charge < -0.3 is 4.74 Å². The van der Waals surface area contributed by atoms with E-state index in [1.54, 1.807) is 17.6 Å². The maximum Gasteiger partial charge on any atom is 0.247 e. The third-order valence-corrected chi connectivity index (χ3v) is 6.23. The van der Waals surface area contributed by atoms with E-state index >= 15 is 0 Å². The van der Waals surface area contributed by atoms with E-state index < -0.39 is 26.9 Å². The summed E-state index contributed by atoms with van der Waals surface area (Å²) >= 11 is 0. The van der Waals surface area contributed by atoms with Gasteiger partial charge in [-0.15, -0.1) is 0 Å². The van der Waals surface area contributed by atoms with Gasteiger partial charge in [-0.1, -0.05) is 12.8 Å². The van der Waals surface area contributed by atoms with Crippen LogP contribution in [0.4, 0.5) is 0 Å². The van der Waals surface area contributed by atoms with Crippen LogP contribution in [0, 0.1) is 5.92 Å². The molecule has 7 heteroatoms. The first kappa shape index (κ1) is 15.8. The van der Waals surface area contributed by atoms with Crippen molar-refractivity contribution in [2.75, 3.05) is 7.11 Å². The average Bonchev–Trinajstić information content (AvgIpc) is 2.54. The zero-order valence-electron chi connectivity index (χ0n) is 11.8. The molecule has 2 atom stereocenters. The summed E-state index contributed by atoms with van der Waals surface area (Å²) in [7, 11) is -2.11. The number of nitrogens with one attached hydrogen (secondary N) is 1. The van der Waals surface area contributed by atoms with Gasteiger partial charge in [0.2, 0.25) is 5.91 Å². The van der Waals surface area contributed by atoms with Crippen LogP contribution in [-0.4, -0.2) is 31.9 Å². The van der Waals surface area contributed by atoms with Crippen LogP contribution in [0.15, 0.2) is 29.2 Å². The number of ether oxygens (including phenoxy) is 1. The molecule has 1 aromatic rings. The number of hydroxylamine groups is 1. The molecule has 0 heterocycles. The molecule has 1 amide bonds. The number of sulfone groups is 1. The molecule has 0 spiro atoms. The molecule has 21 heavy (non-hydrogen) atoms. The van der Waals surface area contributed by atoms with E-state index in [-0.39, 0.29) is 4.90 Å². The van der Waals surface area contributed by atoms with Crippen LogP contribution in [0.3, 0.4) is 0 Å². The van der Waals surface area contributed by atoms with Gasteiger partial charge >= 0.3 is 0 Å². The predicted octanol–water partition coefficient (Wildman–Crippen LogP) is 1.53. The van der Waals surface area contributed by atoms with Gasteiger partial charge in [0.05, 0.1) is 23.2 Å². The second-order valence-corrected chi connectivity index (χ2v) is 7.29. The van der Waals surface area contributed by atoms with Gasteiger partial charge in [0.25, 0.3) is 0 Å². The number of carbonyl (C=O) groups is 1. The highest BCUT2D eigenvalue weighted by Gasteiger charge is 2.40. The molecule has 1 aromatic carbocycles. The lowest BCUT2D eigenvalue weighted by Gasteiger charge is -2.29. The molecule has 1 aliphatic carbocycles. The first-order chi connectivity index (χ1) is 10.0. The lowest BCUT2D eigenvalue weighted by atomic mass is 9.88. The van der Waals surface area contributed by atoms with E-state index in [4.69, 9.17) is 9.94 Å². The van der Waals surface area contributed by atoms with Gasteiger partial charge in [0, 0.05) is 0 Å². The minimum atomic E-state index is -3.62. The fourth-order valence-corrected chi connectivity index (χ4v) is 4.83. The predicted molar refractivity (Wildman–Crippen MR) is 75.9 cm³/mol. The summed E-state index contributed by atoms with van der Waals surface area (Å²) in [6.45, 7) is 0. The monoisotopic (exact) mass is 313 g/mol. The van der Waals surface area contributed by atoms with Crippen molar-refractivity contribution in [2.45, 2.75) is 35.8 Å². The van der Waals surface area contributed by atoms with E-state index in [0.717, 1.165) is 12.8 Å². The van der Waals surface area contributed by atoms with Gasteiger partial charge in [-0.3, -0.25) is 10.0 Å². The van der Waals surface area contributed by atoms with Crippen LogP contribution in [0.5, 0.6) is 5.75 Å². The Bertz CT molecular complexity index is 596. The van der Waals surface area contributed by atoms with Crippen LogP contribution >= 0.6 is 0 Å². The second-order valence-electron chi connectivity index (χ2n) is 5.13. The van der Waals surface area contributed by atoms with E-state index in [1.807, 2.05) is 0 Å². The van der Waals surface area contributed by atoms with Crippen molar-refractivity contribution in [2.24, 2.45) is 5.92 Å². The molecular weight excluding hydrogens is 294 g/mol. The lowest BCUT2D eigenvalue weighted by Crippen LogP contribution is -2.42. The van der Waals surface area contributed by atoms with E-state index in [2.05, 4.69) is 0 Å². The standard InChI is InChI=1S/C14H19NO5S/c1-20-10-6-8-11(9-7-10)21(18,19)13-5-3-2-4-12(13)14(16)15-17/h6-9,12-13,17H,2-5H2,1H3,(H,15,16).